The van der Waals surface area contributed by atoms with Crippen molar-refractivity contribution < 1.29 is 9.53 Å². The van der Waals surface area contributed by atoms with Gasteiger partial charge in [0.15, 0.2) is 0 Å². The SMILES string of the molecule is COC(=O)[C@H](C)NC1CCCN(C)CC1. The number of rotatable bonds is 3. The van der Waals surface area contributed by atoms with E-state index in [2.05, 4.69) is 17.3 Å². The van der Waals surface area contributed by atoms with Gasteiger partial charge in [0.2, 0.25) is 0 Å². The molecule has 2 atom stereocenters. The number of hydrogen-bond acceptors (Lipinski definition) is 4. The molecule has 1 rings (SSSR count). The van der Waals surface area contributed by atoms with Crippen molar-refractivity contribution in [1.29, 1.82) is 0 Å². The quantitative estimate of drug-likeness (QED) is 0.699. The van der Waals surface area contributed by atoms with Gasteiger partial charge in [-0.05, 0) is 46.3 Å². The summed E-state index contributed by atoms with van der Waals surface area (Å²) in [7, 11) is 3.58. The van der Waals surface area contributed by atoms with Crippen LogP contribution in [0.1, 0.15) is 26.2 Å². The predicted molar refractivity (Wildman–Crippen MR) is 59.7 cm³/mol. The molecular formula is C11H22N2O2. The van der Waals surface area contributed by atoms with Crippen LogP contribution in [0.25, 0.3) is 0 Å². The van der Waals surface area contributed by atoms with Gasteiger partial charge in [-0.1, -0.05) is 0 Å². The molecule has 15 heavy (non-hydrogen) atoms. The summed E-state index contributed by atoms with van der Waals surface area (Å²) in [5.74, 6) is -0.174. The molecule has 4 heteroatoms. The Labute approximate surface area is 92.0 Å². The van der Waals surface area contributed by atoms with Crippen molar-refractivity contribution >= 4 is 5.97 Å². The summed E-state index contributed by atoms with van der Waals surface area (Å²) < 4.78 is 4.69. The lowest BCUT2D eigenvalue weighted by Gasteiger charge is -2.20. The number of nitrogens with zero attached hydrogens (tertiary/aromatic N) is 1. The molecular weight excluding hydrogens is 192 g/mol. The van der Waals surface area contributed by atoms with E-state index in [4.69, 9.17) is 4.74 Å². The van der Waals surface area contributed by atoms with Gasteiger partial charge in [-0.15, -0.1) is 0 Å². The Morgan fingerprint density at radius 2 is 2.20 bits per heavy atom. The van der Waals surface area contributed by atoms with Crippen LogP contribution in [0.15, 0.2) is 0 Å². The molecule has 4 nitrogen and oxygen atoms in total. The number of methoxy groups -OCH3 is 1. The second-order valence-corrected chi connectivity index (χ2v) is 4.34. The minimum absolute atomic E-state index is 0.174. The zero-order valence-corrected chi connectivity index (χ0v) is 9.95. The summed E-state index contributed by atoms with van der Waals surface area (Å²) in [6.07, 6.45) is 3.45. The van der Waals surface area contributed by atoms with Gasteiger partial charge in [-0.3, -0.25) is 4.79 Å². The maximum absolute atomic E-state index is 11.2. The molecule has 0 bridgehead atoms. The zero-order chi connectivity index (χ0) is 11.3. The molecule has 1 heterocycles. The van der Waals surface area contributed by atoms with Crippen LogP contribution in [0.3, 0.4) is 0 Å². The van der Waals surface area contributed by atoms with Crippen molar-refractivity contribution in [1.82, 2.24) is 10.2 Å². The Balaban J connectivity index is 2.34. The summed E-state index contributed by atoms with van der Waals surface area (Å²) in [5, 5.41) is 3.33. The van der Waals surface area contributed by atoms with E-state index < -0.39 is 0 Å². The molecule has 0 aromatic carbocycles. The van der Waals surface area contributed by atoms with E-state index in [9.17, 15) is 4.79 Å². The van der Waals surface area contributed by atoms with E-state index in [0.29, 0.717) is 6.04 Å². The van der Waals surface area contributed by atoms with E-state index in [1.165, 1.54) is 13.5 Å². The molecule has 0 aliphatic carbocycles. The molecule has 0 spiro atoms. The minimum atomic E-state index is -0.191. The minimum Gasteiger partial charge on any atom is -0.468 e. The number of esters is 1. The van der Waals surface area contributed by atoms with Crippen LogP contribution in [-0.4, -0.2) is 50.2 Å². The molecule has 1 aliphatic heterocycles. The van der Waals surface area contributed by atoms with Gasteiger partial charge in [0.25, 0.3) is 0 Å². The van der Waals surface area contributed by atoms with Crippen molar-refractivity contribution in [2.24, 2.45) is 0 Å². The number of ether oxygens (including phenoxy) is 1. The average Bonchev–Trinajstić information content (AvgIpc) is 2.42. The largest absolute Gasteiger partial charge is 0.468 e. The van der Waals surface area contributed by atoms with E-state index >= 15 is 0 Å². The molecule has 0 amide bonds. The maximum atomic E-state index is 11.2. The Kier molecular flexibility index (Phi) is 5.05. The maximum Gasteiger partial charge on any atom is 0.322 e. The van der Waals surface area contributed by atoms with Gasteiger partial charge in [0.1, 0.15) is 6.04 Å². The standard InChI is InChI=1S/C11H22N2O2/c1-9(11(14)15-3)12-10-5-4-7-13(2)8-6-10/h9-10,12H,4-8H2,1-3H3/t9-,10?/m0/s1. The first-order valence-corrected chi connectivity index (χ1v) is 5.66. The summed E-state index contributed by atoms with van der Waals surface area (Å²) >= 11 is 0. The number of likely N-dealkylation sites (tertiary alicyclic amines) is 1. The summed E-state index contributed by atoms with van der Waals surface area (Å²) in [4.78, 5) is 13.6. The van der Waals surface area contributed by atoms with E-state index in [0.717, 1.165) is 25.9 Å². The number of nitrogens with one attached hydrogen (secondary N) is 1. The van der Waals surface area contributed by atoms with Crippen LogP contribution in [-0.2, 0) is 9.53 Å². The zero-order valence-electron chi connectivity index (χ0n) is 9.95. The molecule has 0 aromatic rings. The fourth-order valence-corrected chi connectivity index (χ4v) is 2.01. The fraction of sp³-hybridized carbons (Fsp3) is 0.909. The summed E-state index contributed by atoms with van der Waals surface area (Å²) in [6, 6.07) is 0.257. The highest BCUT2D eigenvalue weighted by molar-refractivity contribution is 5.75. The monoisotopic (exact) mass is 214 g/mol. The second kappa shape index (κ2) is 6.08. The number of hydrogen-bond donors (Lipinski definition) is 1. The molecule has 1 N–H and O–H groups in total. The van der Waals surface area contributed by atoms with Crippen LogP contribution >= 0.6 is 0 Å². The smallest absolute Gasteiger partial charge is 0.322 e. The highest BCUT2D eigenvalue weighted by atomic mass is 16.5. The van der Waals surface area contributed by atoms with Crippen molar-refractivity contribution in [3.8, 4) is 0 Å². The lowest BCUT2D eigenvalue weighted by atomic mass is 10.1. The van der Waals surface area contributed by atoms with Crippen LogP contribution in [0.2, 0.25) is 0 Å². The lowest BCUT2D eigenvalue weighted by molar-refractivity contribution is -0.142. The van der Waals surface area contributed by atoms with Crippen molar-refractivity contribution in [2.75, 3.05) is 27.2 Å². The summed E-state index contributed by atoms with van der Waals surface area (Å²) in [5.41, 5.74) is 0. The van der Waals surface area contributed by atoms with Crippen molar-refractivity contribution in [3.05, 3.63) is 0 Å². The highest BCUT2D eigenvalue weighted by Gasteiger charge is 2.20. The molecule has 1 fully saturated rings. The van der Waals surface area contributed by atoms with Crippen LogP contribution in [0, 0.1) is 0 Å². The van der Waals surface area contributed by atoms with E-state index in [1.54, 1.807) is 0 Å². The molecule has 88 valence electrons. The van der Waals surface area contributed by atoms with E-state index in [-0.39, 0.29) is 12.0 Å². The van der Waals surface area contributed by atoms with Gasteiger partial charge >= 0.3 is 5.97 Å². The van der Waals surface area contributed by atoms with E-state index in [1.807, 2.05) is 6.92 Å². The summed E-state index contributed by atoms with van der Waals surface area (Å²) in [6.45, 7) is 4.12. The van der Waals surface area contributed by atoms with Crippen molar-refractivity contribution in [3.63, 3.8) is 0 Å². The molecule has 0 radical (unpaired) electrons. The number of carbonyl (C=O) groups excluding carboxylic acids is 1. The fourth-order valence-electron chi connectivity index (χ4n) is 2.01. The molecule has 0 aromatic heterocycles. The van der Waals surface area contributed by atoms with Gasteiger partial charge in [0.05, 0.1) is 7.11 Å². The van der Waals surface area contributed by atoms with Gasteiger partial charge in [-0.2, -0.15) is 0 Å². The van der Waals surface area contributed by atoms with Crippen LogP contribution in [0.4, 0.5) is 0 Å². The van der Waals surface area contributed by atoms with Crippen LogP contribution < -0.4 is 5.32 Å². The molecule has 1 saturated heterocycles. The normalized spacial score (nSPS) is 25.7. The van der Waals surface area contributed by atoms with Crippen molar-refractivity contribution in [2.45, 2.75) is 38.3 Å². The topological polar surface area (TPSA) is 41.6 Å². The lowest BCUT2D eigenvalue weighted by Crippen LogP contribution is -2.42. The Morgan fingerprint density at radius 1 is 1.47 bits per heavy atom. The first-order valence-electron chi connectivity index (χ1n) is 5.66. The third-order valence-electron chi connectivity index (χ3n) is 2.99. The third-order valence-corrected chi connectivity index (χ3v) is 2.99. The predicted octanol–water partition coefficient (Wildman–Crippen LogP) is 0.622. The Hall–Kier alpha value is -0.610. The first-order chi connectivity index (χ1) is 7.13. The Morgan fingerprint density at radius 3 is 2.87 bits per heavy atom. The average molecular weight is 214 g/mol. The molecule has 1 aliphatic rings. The van der Waals surface area contributed by atoms with Gasteiger partial charge in [-0.25, -0.2) is 0 Å². The molecule has 0 saturated carbocycles. The second-order valence-electron chi connectivity index (χ2n) is 4.34. The Bertz CT molecular complexity index is 209. The molecule has 1 unspecified atom stereocenters. The number of carbonyl (C=O) groups is 1. The van der Waals surface area contributed by atoms with Crippen LogP contribution in [0.5, 0.6) is 0 Å². The van der Waals surface area contributed by atoms with Gasteiger partial charge < -0.3 is 15.0 Å². The third kappa shape index (κ3) is 4.18. The van der Waals surface area contributed by atoms with Gasteiger partial charge in [0, 0.05) is 6.04 Å². The first kappa shape index (κ1) is 12.5. The highest BCUT2D eigenvalue weighted by Crippen LogP contribution is 2.10.